The van der Waals surface area contributed by atoms with Gasteiger partial charge in [0.1, 0.15) is 5.75 Å². The molecule has 2 rings (SSSR count). The number of aromatic nitrogens is 1. The summed E-state index contributed by atoms with van der Waals surface area (Å²) in [5, 5.41) is 9.63. The van der Waals surface area contributed by atoms with Crippen molar-refractivity contribution in [1.29, 1.82) is 0 Å². The van der Waals surface area contributed by atoms with Crippen LogP contribution in [0.3, 0.4) is 0 Å². The van der Waals surface area contributed by atoms with Gasteiger partial charge in [-0.3, -0.25) is 9.78 Å². The van der Waals surface area contributed by atoms with Crippen molar-refractivity contribution in [3.63, 3.8) is 0 Å². The van der Waals surface area contributed by atoms with Crippen molar-refractivity contribution in [2.24, 2.45) is 5.73 Å². The molecule has 1 amide bonds. The number of primary amides is 1. The Morgan fingerprint density at radius 2 is 2.00 bits per heavy atom. The molecule has 86 valence electrons. The maximum absolute atomic E-state index is 11.1. The van der Waals surface area contributed by atoms with E-state index in [0.717, 1.165) is 0 Å². The lowest BCUT2D eigenvalue weighted by Gasteiger charge is -2.05. The van der Waals surface area contributed by atoms with Crippen molar-refractivity contribution in [3.8, 4) is 16.9 Å². The highest BCUT2D eigenvalue weighted by Crippen LogP contribution is 2.26. The van der Waals surface area contributed by atoms with Gasteiger partial charge in [0.2, 0.25) is 5.91 Å². The molecular formula is C12H9ClN2O2. The van der Waals surface area contributed by atoms with E-state index in [4.69, 9.17) is 17.3 Å². The molecule has 0 atom stereocenters. The van der Waals surface area contributed by atoms with Crippen LogP contribution in [0.25, 0.3) is 11.1 Å². The summed E-state index contributed by atoms with van der Waals surface area (Å²) < 4.78 is 0. The van der Waals surface area contributed by atoms with Gasteiger partial charge in [-0.15, -0.1) is 0 Å². The molecule has 0 unspecified atom stereocenters. The van der Waals surface area contributed by atoms with Crippen LogP contribution in [-0.2, 0) is 0 Å². The van der Waals surface area contributed by atoms with E-state index in [1.54, 1.807) is 30.5 Å². The Morgan fingerprint density at radius 1 is 1.24 bits per heavy atom. The van der Waals surface area contributed by atoms with Crippen molar-refractivity contribution >= 4 is 17.5 Å². The highest BCUT2D eigenvalue weighted by molar-refractivity contribution is 6.33. The van der Waals surface area contributed by atoms with E-state index in [2.05, 4.69) is 4.98 Å². The number of aromatic hydroxyl groups is 1. The van der Waals surface area contributed by atoms with Crippen molar-refractivity contribution in [3.05, 3.63) is 47.2 Å². The molecule has 1 aromatic heterocycles. The molecule has 4 nitrogen and oxygen atoms in total. The Balaban J connectivity index is 2.54. The van der Waals surface area contributed by atoms with Crippen molar-refractivity contribution in [2.75, 3.05) is 0 Å². The highest BCUT2D eigenvalue weighted by Gasteiger charge is 2.09. The molecule has 0 bridgehead atoms. The third-order valence-electron chi connectivity index (χ3n) is 2.29. The minimum Gasteiger partial charge on any atom is -0.506 e. The average molecular weight is 249 g/mol. The molecule has 0 radical (unpaired) electrons. The van der Waals surface area contributed by atoms with E-state index in [1.807, 2.05) is 0 Å². The van der Waals surface area contributed by atoms with E-state index >= 15 is 0 Å². The predicted octanol–water partition coefficient (Wildman–Crippen LogP) is 2.21. The summed E-state index contributed by atoms with van der Waals surface area (Å²) >= 11 is 5.84. The van der Waals surface area contributed by atoms with E-state index in [9.17, 15) is 9.90 Å². The minimum atomic E-state index is -0.593. The van der Waals surface area contributed by atoms with Gasteiger partial charge in [-0.25, -0.2) is 0 Å². The third kappa shape index (κ3) is 2.37. The monoisotopic (exact) mass is 248 g/mol. The largest absolute Gasteiger partial charge is 0.506 e. The molecule has 0 aliphatic heterocycles. The van der Waals surface area contributed by atoms with Crippen LogP contribution >= 0.6 is 11.6 Å². The van der Waals surface area contributed by atoms with Gasteiger partial charge in [0.15, 0.2) is 0 Å². The van der Waals surface area contributed by atoms with Gasteiger partial charge in [0.05, 0.1) is 16.8 Å². The molecule has 0 saturated heterocycles. The van der Waals surface area contributed by atoms with E-state index in [0.29, 0.717) is 16.1 Å². The zero-order valence-electron chi connectivity index (χ0n) is 8.72. The molecule has 17 heavy (non-hydrogen) atoms. The summed E-state index contributed by atoms with van der Waals surface area (Å²) in [5.74, 6) is -0.539. The fraction of sp³-hybridized carbons (Fsp3) is 0. The van der Waals surface area contributed by atoms with E-state index < -0.39 is 5.91 Å². The first kappa shape index (κ1) is 11.4. The Labute approximate surface area is 103 Å². The molecular weight excluding hydrogens is 240 g/mol. The number of nitrogens with two attached hydrogens (primary N) is 1. The second-order valence-electron chi connectivity index (χ2n) is 3.49. The summed E-state index contributed by atoms with van der Waals surface area (Å²) in [6.07, 6.45) is 2.90. The third-order valence-corrected chi connectivity index (χ3v) is 2.62. The molecule has 1 heterocycles. The summed E-state index contributed by atoms with van der Waals surface area (Å²) in [7, 11) is 0. The van der Waals surface area contributed by atoms with Crippen LogP contribution in [0.5, 0.6) is 5.75 Å². The fourth-order valence-electron chi connectivity index (χ4n) is 1.48. The lowest BCUT2D eigenvalue weighted by atomic mass is 10.0. The maximum atomic E-state index is 11.1. The fourth-order valence-corrected chi connectivity index (χ4v) is 1.69. The van der Waals surface area contributed by atoms with Crippen LogP contribution in [0.1, 0.15) is 10.4 Å². The first-order chi connectivity index (χ1) is 8.08. The Bertz CT molecular complexity index is 584. The number of hydrogen-bond donors (Lipinski definition) is 2. The quantitative estimate of drug-likeness (QED) is 0.855. The minimum absolute atomic E-state index is 0.0538. The molecule has 2 aromatic rings. The standard InChI is InChI=1S/C12H9ClN2O2/c13-11-2-1-7(4-10(11)12(14)17)8-3-9(16)6-15-5-8/h1-6,16H,(H2,14,17). The van der Waals surface area contributed by atoms with Gasteiger partial charge in [0, 0.05) is 11.8 Å². The Hall–Kier alpha value is -2.07. The topological polar surface area (TPSA) is 76.2 Å². The molecule has 0 aliphatic carbocycles. The van der Waals surface area contributed by atoms with Crippen molar-refractivity contribution in [1.82, 2.24) is 4.98 Å². The predicted molar refractivity (Wildman–Crippen MR) is 64.9 cm³/mol. The number of nitrogens with zero attached hydrogens (tertiary/aromatic N) is 1. The second kappa shape index (κ2) is 4.43. The number of benzene rings is 1. The summed E-state index contributed by atoms with van der Waals surface area (Å²) in [6.45, 7) is 0. The van der Waals surface area contributed by atoms with Crippen LogP contribution in [0.2, 0.25) is 5.02 Å². The average Bonchev–Trinajstić information content (AvgIpc) is 2.29. The van der Waals surface area contributed by atoms with Gasteiger partial charge in [-0.05, 0) is 23.8 Å². The number of rotatable bonds is 2. The van der Waals surface area contributed by atoms with Gasteiger partial charge in [-0.1, -0.05) is 17.7 Å². The van der Waals surface area contributed by atoms with Gasteiger partial charge < -0.3 is 10.8 Å². The first-order valence-electron chi connectivity index (χ1n) is 4.81. The summed E-state index contributed by atoms with van der Waals surface area (Å²) in [4.78, 5) is 15.0. The molecule has 5 heteroatoms. The number of carbonyl (C=O) groups is 1. The Kier molecular flexibility index (Phi) is 2.97. The smallest absolute Gasteiger partial charge is 0.250 e. The van der Waals surface area contributed by atoms with Gasteiger partial charge >= 0.3 is 0 Å². The van der Waals surface area contributed by atoms with Crippen LogP contribution in [0.4, 0.5) is 0 Å². The maximum Gasteiger partial charge on any atom is 0.250 e. The lowest BCUT2D eigenvalue weighted by Crippen LogP contribution is -2.11. The zero-order chi connectivity index (χ0) is 12.4. The number of pyridine rings is 1. The normalized spacial score (nSPS) is 10.2. The molecule has 0 fully saturated rings. The van der Waals surface area contributed by atoms with Crippen LogP contribution in [0, 0.1) is 0 Å². The zero-order valence-corrected chi connectivity index (χ0v) is 9.48. The van der Waals surface area contributed by atoms with Gasteiger partial charge in [-0.2, -0.15) is 0 Å². The SMILES string of the molecule is NC(=O)c1cc(-c2cncc(O)c2)ccc1Cl. The first-order valence-corrected chi connectivity index (χ1v) is 5.19. The van der Waals surface area contributed by atoms with Crippen LogP contribution in [-0.4, -0.2) is 16.0 Å². The molecule has 3 N–H and O–H groups in total. The lowest BCUT2D eigenvalue weighted by molar-refractivity contribution is 0.100. The van der Waals surface area contributed by atoms with E-state index in [-0.39, 0.29) is 11.3 Å². The molecule has 1 aromatic carbocycles. The number of carbonyl (C=O) groups excluding carboxylic acids is 1. The number of amides is 1. The Morgan fingerprint density at radius 3 is 2.65 bits per heavy atom. The van der Waals surface area contributed by atoms with Crippen molar-refractivity contribution < 1.29 is 9.90 Å². The molecule has 0 saturated carbocycles. The van der Waals surface area contributed by atoms with Gasteiger partial charge in [0.25, 0.3) is 0 Å². The van der Waals surface area contributed by atoms with Crippen molar-refractivity contribution in [2.45, 2.75) is 0 Å². The second-order valence-corrected chi connectivity index (χ2v) is 3.90. The molecule has 0 spiro atoms. The van der Waals surface area contributed by atoms with Crippen LogP contribution in [0.15, 0.2) is 36.7 Å². The van der Waals surface area contributed by atoms with E-state index in [1.165, 1.54) is 6.20 Å². The molecule has 0 aliphatic rings. The number of halogens is 1. The highest BCUT2D eigenvalue weighted by atomic mass is 35.5. The summed E-state index contributed by atoms with van der Waals surface area (Å²) in [5.41, 5.74) is 6.84. The summed E-state index contributed by atoms with van der Waals surface area (Å²) in [6, 6.07) is 6.42. The number of hydrogen-bond acceptors (Lipinski definition) is 3. The van der Waals surface area contributed by atoms with Crippen LogP contribution < -0.4 is 5.73 Å².